The van der Waals surface area contributed by atoms with E-state index in [4.69, 9.17) is 24.4 Å². The highest BCUT2D eigenvalue weighted by Gasteiger charge is 2.13. The Morgan fingerprint density at radius 2 is 1.61 bits per heavy atom. The molecule has 5 aromatic rings. The molecule has 1 N–H and O–H groups in total. The molecular formula is C25H24N4O2. The van der Waals surface area contributed by atoms with Crippen molar-refractivity contribution in [3.05, 3.63) is 54.6 Å². The average Bonchev–Trinajstić information content (AvgIpc) is 3.18. The second-order valence-electron chi connectivity index (χ2n) is 8.06. The number of nitrogens with zero attached hydrogens (tertiary/aromatic N) is 3. The van der Waals surface area contributed by atoms with Gasteiger partial charge in [-0.15, -0.1) is 0 Å². The zero-order chi connectivity index (χ0) is 21.4. The van der Waals surface area contributed by atoms with E-state index < -0.39 is 0 Å². The lowest BCUT2D eigenvalue weighted by Crippen LogP contribution is -2.02. The van der Waals surface area contributed by atoms with Crippen LogP contribution in [0, 0.1) is 5.92 Å². The van der Waals surface area contributed by atoms with Crippen LogP contribution in [-0.2, 0) is 0 Å². The lowest BCUT2D eigenvalue weighted by molar-refractivity contribution is 0.273. The number of aromatic nitrogens is 4. The fraction of sp³-hybridized carbons (Fsp3) is 0.240. The lowest BCUT2D eigenvalue weighted by Gasteiger charge is -2.12. The van der Waals surface area contributed by atoms with Gasteiger partial charge in [-0.25, -0.2) is 15.0 Å². The Hall–Kier alpha value is -3.67. The second-order valence-corrected chi connectivity index (χ2v) is 8.06. The Morgan fingerprint density at radius 3 is 2.42 bits per heavy atom. The van der Waals surface area contributed by atoms with Crippen LogP contribution in [0.2, 0.25) is 0 Å². The number of ether oxygens (including phenoxy) is 2. The molecule has 0 spiro atoms. The summed E-state index contributed by atoms with van der Waals surface area (Å²) in [6.45, 7) is 5.02. The summed E-state index contributed by atoms with van der Waals surface area (Å²) in [5.41, 5.74) is 6.24. The summed E-state index contributed by atoms with van der Waals surface area (Å²) in [6, 6.07) is 17.8. The third-order valence-corrected chi connectivity index (χ3v) is 5.33. The predicted molar refractivity (Wildman–Crippen MR) is 124 cm³/mol. The molecule has 0 aliphatic heterocycles. The largest absolute Gasteiger partial charge is 0.493 e. The molecule has 6 nitrogen and oxygen atoms in total. The molecule has 2 heterocycles. The van der Waals surface area contributed by atoms with Crippen LogP contribution in [0.15, 0.2) is 54.6 Å². The van der Waals surface area contributed by atoms with Gasteiger partial charge >= 0.3 is 0 Å². The Balaban J connectivity index is 1.52. The SMILES string of the molecule is COc1cc(-c2nc3cc4nc5ccccc5[nH]c4cc3n2)ccc1OCCC(C)C. The number of benzene rings is 3. The van der Waals surface area contributed by atoms with Gasteiger partial charge in [-0.1, -0.05) is 26.0 Å². The third-order valence-electron chi connectivity index (χ3n) is 5.33. The summed E-state index contributed by atoms with van der Waals surface area (Å²) in [4.78, 5) is 17.7. The molecule has 0 atom stereocenters. The summed E-state index contributed by atoms with van der Waals surface area (Å²) in [5, 5.41) is 0. The molecule has 0 fully saturated rings. The number of rotatable bonds is 6. The van der Waals surface area contributed by atoms with Gasteiger partial charge in [-0.3, -0.25) is 0 Å². The minimum atomic E-state index is 0.593. The summed E-state index contributed by atoms with van der Waals surface area (Å²) >= 11 is 0. The second kappa shape index (κ2) is 7.87. The Labute approximate surface area is 180 Å². The molecule has 0 amide bonds. The number of hydrogen-bond acceptors (Lipinski definition) is 5. The minimum Gasteiger partial charge on any atom is -0.493 e. The van der Waals surface area contributed by atoms with E-state index in [0.717, 1.165) is 50.8 Å². The van der Waals surface area contributed by atoms with Crippen molar-refractivity contribution in [3.8, 4) is 22.9 Å². The highest BCUT2D eigenvalue weighted by Crippen LogP contribution is 2.33. The van der Waals surface area contributed by atoms with Gasteiger partial charge in [0, 0.05) is 5.56 Å². The third kappa shape index (κ3) is 3.77. The maximum Gasteiger partial charge on any atom is 0.161 e. The lowest BCUT2D eigenvalue weighted by atomic mass is 10.1. The molecule has 0 aliphatic rings. The maximum absolute atomic E-state index is 5.90. The first kappa shape index (κ1) is 19.3. The van der Waals surface area contributed by atoms with Crippen molar-refractivity contribution in [3.63, 3.8) is 0 Å². The van der Waals surface area contributed by atoms with E-state index in [1.54, 1.807) is 7.11 Å². The average molecular weight is 412 g/mol. The van der Waals surface area contributed by atoms with Crippen LogP contribution in [0.4, 0.5) is 0 Å². The van der Waals surface area contributed by atoms with E-state index in [1.807, 2.05) is 54.6 Å². The maximum atomic E-state index is 5.90. The number of hydrogen-bond donors (Lipinski definition) is 1. The van der Waals surface area contributed by atoms with Crippen LogP contribution < -0.4 is 9.47 Å². The quantitative estimate of drug-likeness (QED) is 0.359. The molecular weight excluding hydrogens is 388 g/mol. The molecule has 156 valence electrons. The molecule has 0 saturated heterocycles. The summed E-state index contributed by atoms with van der Waals surface area (Å²) in [5.74, 6) is 2.66. The predicted octanol–water partition coefficient (Wildman–Crippen LogP) is 5.76. The molecule has 0 aliphatic carbocycles. The number of para-hydroxylation sites is 2. The number of fused-ring (bicyclic) bond motifs is 3. The van der Waals surface area contributed by atoms with Gasteiger partial charge < -0.3 is 14.5 Å². The van der Waals surface area contributed by atoms with Crippen molar-refractivity contribution in [2.75, 3.05) is 13.7 Å². The smallest absolute Gasteiger partial charge is 0.161 e. The van der Waals surface area contributed by atoms with Gasteiger partial charge in [-0.2, -0.15) is 0 Å². The monoisotopic (exact) mass is 412 g/mol. The molecule has 0 bridgehead atoms. The molecule has 3 aromatic carbocycles. The van der Waals surface area contributed by atoms with Crippen LogP contribution in [0.25, 0.3) is 44.5 Å². The van der Waals surface area contributed by atoms with Gasteiger partial charge in [-0.05, 0) is 54.8 Å². The van der Waals surface area contributed by atoms with Crippen LogP contribution in [0.1, 0.15) is 20.3 Å². The van der Waals surface area contributed by atoms with Gasteiger partial charge in [0.15, 0.2) is 17.3 Å². The summed E-state index contributed by atoms with van der Waals surface area (Å²) in [7, 11) is 1.65. The standard InChI is InChI=1S/C25H24N4O2/c1-15(2)10-11-31-23-9-8-16(12-24(23)30-3)25-28-21-13-19-20(14-22(21)29-25)27-18-7-5-4-6-17(18)26-19/h4-9,12-15,26H,10-11H2,1-3H3. The summed E-state index contributed by atoms with van der Waals surface area (Å²) in [6.07, 6.45) is 0.996. The number of nitrogens with one attached hydrogen (secondary N) is 1. The van der Waals surface area contributed by atoms with Crippen molar-refractivity contribution >= 4 is 33.1 Å². The van der Waals surface area contributed by atoms with Crippen molar-refractivity contribution in [2.45, 2.75) is 20.3 Å². The number of H-pyrrole nitrogens is 1. The molecule has 31 heavy (non-hydrogen) atoms. The highest BCUT2D eigenvalue weighted by molar-refractivity contribution is 5.95. The van der Waals surface area contributed by atoms with E-state index in [1.165, 1.54) is 0 Å². The van der Waals surface area contributed by atoms with Crippen molar-refractivity contribution < 1.29 is 9.47 Å². The number of aromatic amines is 1. The minimum absolute atomic E-state index is 0.593. The van der Waals surface area contributed by atoms with E-state index in [-0.39, 0.29) is 0 Å². The van der Waals surface area contributed by atoms with E-state index >= 15 is 0 Å². The Bertz CT molecular complexity index is 1320. The van der Waals surface area contributed by atoms with Gasteiger partial charge in [0.05, 0.1) is 46.8 Å². The topological polar surface area (TPSA) is 72.9 Å². The van der Waals surface area contributed by atoms with E-state index in [0.29, 0.717) is 24.1 Å². The van der Waals surface area contributed by atoms with Crippen molar-refractivity contribution in [1.29, 1.82) is 0 Å². The molecule has 0 radical (unpaired) electrons. The molecule has 5 rings (SSSR count). The first-order chi connectivity index (χ1) is 15.1. The first-order valence-electron chi connectivity index (χ1n) is 10.5. The van der Waals surface area contributed by atoms with E-state index in [2.05, 4.69) is 18.8 Å². The zero-order valence-electron chi connectivity index (χ0n) is 17.8. The van der Waals surface area contributed by atoms with Crippen molar-refractivity contribution in [1.82, 2.24) is 19.9 Å². The normalized spacial score (nSPS) is 11.6. The first-order valence-corrected chi connectivity index (χ1v) is 10.5. The molecule has 2 aromatic heterocycles. The highest BCUT2D eigenvalue weighted by atomic mass is 16.5. The van der Waals surface area contributed by atoms with Crippen LogP contribution >= 0.6 is 0 Å². The van der Waals surface area contributed by atoms with Gasteiger partial charge in [0.2, 0.25) is 0 Å². The summed E-state index contributed by atoms with van der Waals surface area (Å²) < 4.78 is 11.5. The van der Waals surface area contributed by atoms with E-state index in [9.17, 15) is 0 Å². The molecule has 6 heteroatoms. The fourth-order valence-corrected chi connectivity index (χ4v) is 3.60. The van der Waals surface area contributed by atoms with Gasteiger partial charge in [0.1, 0.15) is 0 Å². The molecule has 0 unspecified atom stereocenters. The fourth-order valence-electron chi connectivity index (χ4n) is 3.60. The Morgan fingerprint density at radius 1 is 0.806 bits per heavy atom. The van der Waals surface area contributed by atoms with Crippen molar-refractivity contribution in [2.24, 2.45) is 5.92 Å². The van der Waals surface area contributed by atoms with Crippen LogP contribution in [0.5, 0.6) is 11.5 Å². The number of methoxy groups -OCH3 is 1. The Kier molecular flexibility index (Phi) is 4.90. The molecule has 0 saturated carbocycles. The van der Waals surface area contributed by atoms with Crippen LogP contribution in [0.3, 0.4) is 0 Å². The number of imidazole rings is 1. The van der Waals surface area contributed by atoms with Crippen LogP contribution in [-0.4, -0.2) is 33.7 Å². The van der Waals surface area contributed by atoms with Gasteiger partial charge in [0.25, 0.3) is 0 Å². The zero-order valence-corrected chi connectivity index (χ0v) is 17.8.